The zero-order chi connectivity index (χ0) is 12.4. The van der Waals surface area contributed by atoms with E-state index in [0.29, 0.717) is 19.3 Å². The highest BCUT2D eigenvalue weighted by molar-refractivity contribution is 4.92. The van der Waals surface area contributed by atoms with Gasteiger partial charge in [0.1, 0.15) is 0 Å². The molecule has 1 rings (SSSR count). The summed E-state index contributed by atoms with van der Waals surface area (Å²) in [6.45, 7) is -2.60. The van der Waals surface area contributed by atoms with Gasteiger partial charge in [-0.3, -0.25) is 0 Å². The molecule has 0 spiro atoms. The van der Waals surface area contributed by atoms with E-state index in [-0.39, 0.29) is 13.0 Å². The molecule has 0 atom stereocenters. The summed E-state index contributed by atoms with van der Waals surface area (Å²) >= 11 is 0. The number of hydrogen-bond donors (Lipinski definition) is 1. The largest absolute Gasteiger partial charge is 0.396 e. The van der Waals surface area contributed by atoms with Crippen LogP contribution >= 0.6 is 0 Å². The van der Waals surface area contributed by atoms with E-state index in [4.69, 9.17) is 12.0 Å². The van der Waals surface area contributed by atoms with Gasteiger partial charge in [-0.2, -0.15) is 10.2 Å². The van der Waals surface area contributed by atoms with Crippen LogP contribution in [0.4, 0.5) is 0 Å². The molecule has 0 aromatic rings. The third kappa shape index (κ3) is 2.58. The molecule has 0 unspecified atom stereocenters. The van der Waals surface area contributed by atoms with E-state index in [9.17, 15) is 0 Å². The van der Waals surface area contributed by atoms with Crippen molar-refractivity contribution in [3.8, 4) is 0 Å². The lowest BCUT2D eigenvalue weighted by atomic mass is 10.0. The van der Waals surface area contributed by atoms with Gasteiger partial charge in [-0.1, -0.05) is 19.6 Å². The number of rotatable bonds is 6. The molecule has 64 valence electrons. The highest BCUT2D eigenvalue weighted by Gasteiger charge is 2.38. The van der Waals surface area contributed by atoms with E-state index in [2.05, 4.69) is 10.2 Å². The van der Waals surface area contributed by atoms with Crippen molar-refractivity contribution < 1.29 is 12.0 Å². The van der Waals surface area contributed by atoms with Crippen LogP contribution in [0, 0.1) is 0 Å². The fourth-order valence-electron chi connectivity index (χ4n) is 1.03. The number of aliphatic hydroxyl groups is 1. The molecule has 0 saturated heterocycles. The van der Waals surface area contributed by atoms with Gasteiger partial charge in [-0.25, -0.2) is 0 Å². The molecular weight excluding hydrogens is 140 g/mol. The summed E-state index contributed by atoms with van der Waals surface area (Å²) in [7, 11) is 0. The van der Waals surface area contributed by atoms with E-state index in [1.807, 2.05) is 0 Å². The predicted octanol–water partition coefficient (Wildman–Crippen LogP) is 2.11. The standard InChI is InChI=1S/C8H16N2O/c1-2-3-4-5-8(6-7-11)9-10-8/h11H,2-7H2,1H3/i1T3,2T2. The van der Waals surface area contributed by atoms with Gasteiger partial charge in [0.2, 0.25) is 0 Å². The highest BCUT2D eigenvalue weighted by Crippen LogP contribution is 2.36. The van der Waals surface area contributed by atoms with Crippen LogP contribution in [0.25, 0.3) is 0 Å². The minimum absolute atomic E-state index is 0.0147. The first-order chi connectivity index (χ1) is 7.22. The third-order valence-corrected chi connectivity index (χ3v) is 1.77. The molecule has 11 heavy (non-hydrogen) atoms. The summed E-state index contributed by atoms with van der Waals surface area (Å²) < 4.78 is 35.9. The first kappa shape index (κ1) is 3.99. The SMILES string of the molecule is [3H]C([3H])([3H])C([3H])([3H])CCCC1(CCO)N=N1. The summed E-state index contributed by atoms with van der Waals surface area (Å²) in [5, 5.41) is 16.4. The van der Waals surface area contributed by atoms with Gasteiger partial charge < -0.3 is 5.11 Å². The summed E-state index contributed by atoms with van der Waals surface area (Å²) in [5.41, 5.74) is -0.556. The average molecular weight is 166 g/mol. The molecule has 1 aliphatic rings. The predicted molar refractivity (Wildman–Crippen MR) is 43.4 cm³/mol. The second-order valence-corrected chi connectivity index (χ2v) is 2.69. The van der Waals surface area contributed by atoms with Crippen molar-refractivity contribution in [2.24, 2.45) is 10.2 Å². The Morgan fingerprint density at radius 1 is 1.45 bits per heavy atom. The summed E-state index contributed by atoms with van der Waals surface area (Å²) in [6, 6.07) is 0. The number of aliphatic hydroxyl groups excluding tert-OH is 1. The van der Waals surface area contributed by atoms with Crippen molar-refractivity contribution in [1.82, 2.24) is 0 Å². The fraction of sp³-hybridized carbons (Fsp3) is 1.00. The Kier molecular flexibility index (Phi) is 1.38. The van der Waals surface area contributed by atoms with Gasteiger partial charge in [-0.05, 0) is 12.8 Å². The number of nitrogens with zero attached hydrogens (tertiary/aromatic N) is 2. The van der Waals surface area contributed by atoms with Crippen LogP contribution in [-0.4, -0.2) is 17.4 Å². The molecule has 3 heteroatoms. The molecule has 0 fully saturated rings. The maximum absolute atomic E-state index is 8.75. The molecule has 0 bridgehead atoms. The second kappa shape index (κ2) is 3.81. The molecular formula is C8H16N2O. The van der Waals surface area contributed by atoms with Crippen LogP contribution in [0.1, 0.15) is 45.8 Å². The zero-order valence-corrected chi connectivity index (χ0v) is 6.38. The zero-order valence-electron chi connectivity index (χ0n) is 11.4. The Morgan fingerprint density at radius 2 is 2.27 bits per heavy atom. The van der Waals surface area contributed by atoms with Crippen LogP contribution in [-0.2, 0) is 0 Å². The smallest absolute Gasteiger partial charge is 0.193 e. The Hall–Kier alpha value is -0.440. The Balaban J connectivity index is 2.31. The summed E-state index contributed by atoms with van der Waals surface area (Å²) in [5.74, 6) is 0. The molecule has 3 nitrogen and oxygen atoms in total. The van der Waals surface area contributed by atoms with Crippen molar-refractivity contribution in [2.45, 2.75) is 44.6 Å². The quantitative estimate of drug-likeness (QED) is 0.645. The topological polar surface area (TPSA) is 45.0 Å². The van der Waals surface area contributed by atoms with E-state index >= 15 is 0 Å². The minimum Gasteiger partial charge on any atom is -0.396 e. The molecule has 1 N–H and O–H groups in total. The van der Waals surface area contributed by atoms with Gasteiger partial charge in [0.15, 0.2) is 5.66 Å². The van der Waals surface area contributed by atoms with Crippen LogP contribution in [0.5, 0.6) is 0 Å². The lowest BCUT2D eigenvalue weighted by molar-refractivity contribution is 0.260. The fourth-order valence-corrected chi connectivity index (χ4v) is 1.03. The van der Waals surface area contributed by atoms with Gasteiger partial charge in [0.25, 0.3) is 0 Å². The van der Waals surface area contributed by atoms with Crippen molar-refractivity contribution in [3.63, 3.8) is 0 Å². The van der Waals surface area contributed by atoms with Crippen molar-refractivity contribution in [1.29, 1.82) is 0 Å². The molecule has 0 radical (unpaired) electrons. The van der Waals surface area contributed by atoms with Gasteiger partial charge in [0, 0.05) is 19.9 Å². The summed E-state index contributed by atoms with van der Waals surface area (Å²) in [4.78, 5) is 0. The third-order valence-electron chi connectivity index (χ3n) is 1.77. The van der Waals surface area contributed by atoms with E-state index < -0.39 is 18.9 Å². The molecule has 0 saturated carbocycles. The minimum atomic E-state index is -2.59. The van der Waals surface area contributed by atoms with Crippen molar-refractivity contribution >= 4 is 0 Å². The van der Waals surface area contributed by atoms with Crippen LogP contribution in [0.15, 0.2) is 10.2 Å². The van der Waals surface area contributed by atoms with Crippen molar-refractivity contribution in [2.75, 3.05) is 6.61 Å². The van der Waals surface area contributed by atoms with E-state index in [1.54, 1.807) is 0 Å². The molecule has 0 aliphatic carbocycles. The van der Waals surface area contributed by atoms with Crippen LogP contribution in [0.3, 0.4) is 0 Å². The lowest BCUT2D eigenvalue weighted by Crippen LogP contribution is -2.12. The first-order valence-electron chi connectivity index (χ1n) is 6.27. The molecule has 1 aliphatic heterocycles. The van der Waals surface area contributed by atoms with E-state index in [1.165, 1.54) is 0 Å². The molecule has 1 heterocycles. The first-order valence-corrected chi connectivity index (χ1v) is 3.77. The molecule has 0 amide bonds. The average Bonchev–Trinajstić information content (AvgIpc) is 2.83. The Bertz CT molecular complexity index is 270. The Morgan fingerprint density at radius 3 is 2.82 bits per heavy atom. The van der Waals surface area contributed by atoms with Gasteiger partial charge in [-0.15, -0.1) is 0 Å². The molecule has 0 aromatic heterocycles. The van der Waals surface area contributed by atoms with E-state index in [0.717, 1.165) is 0 Å². The maximum atomic E-state index is 8.75. The summed E-state index contributed by atoms with van der Waals surface area (Å²) in [6.07, 6.45) is -0.866. The van der Waals surface area contributed by atoms with Gasteiger partial charge >= 0.3 is 0 Å². The van der Waals surface area contributed by atoms with Crippen molar-refractivity contribution in [3.05, 3.63) is 0 Å². The van der Waals surface area contributed by atoms with Crippen LogP contribution in [0.2, 0.25) is 0 Å². The Labute approximate surface area is 74.6 Å². The number of hydrogen-bond acceptors (Lipinski definition) is 3. The van der Waals surface area contributed by atoms with Crippen LogP contribution < -0.4 is 0 Å². The molecule has 0 aromatic carbocycles. The monoisotopic (exact) mass is 166 g/mol. The lowest BCUT2D eigenvalue weighted by Gasteiger charge is -2.06. The van der Waals surface area contributed by atoms with Gasteiger partial charge in [0.05, 0.1) is 0 Å². The maximum Gasteiger partial charge on any atom is 0.193 e. The normalized spacial score (nSPS) is 27.9. The second-order valence-electron chi connectivity index (χ2n) is 2.69. The highest BCUT2D eigenvalue weighted by atomic mass is 16.3.